The standard InChI is InChI=1S/C24H28N2O5S/c1-4-5-11-21-25-23(27)22(32(29,30)19-14-12-17(2)13-15-19)24(28)26(21)20(16-31-3)18-9-7-6-8-10-18/h6-10,12-15,20,28H,4-5,11,16H2,1-3H3. The number of aryl methyl sites for hydroxylation is 2. The number of sulfone groups is 1. The summed E-state index contributed by atoms with van der Waals surface area (Å²) in [4.78, 5) is 16.2. The number of methoxy groups -OCH3 is 1. The summed E-state index contributed by atoms with van der Waals surface area (Å²) >= 11 is 0. The van der Waals surface area contributed by atoms with Crippen LogP contribution in [0, 0.1) is 6.92 Å². The highest BCUT2D eigenvalue weighted by atomic mass is 32.2. The highest BCUT2D eigenvalue weighted by Crippen LogP contribution is 2.32. The molecule has 170 valence electrons. The Morgan fingerprint density at radius 2 is 1.75 bits per heavy atom. The number of ether oxygens (including phenoxy) is 1. The zero-order chi connectivity index (χ0) is 23.3. The summed E-state index contributed by atoms with van der Waals surface area (Å²) < 4.78 is 33.5. The second-order valence-electron chi connectivity index (χ2n) is 7.66. The molecule has 0 aliphatic carbocycles. The van der Waals surface area contributed by atoms with Crippen LogP contribution in [0.3, 0.4) is 0 Å². The molecular formula is C24H28N2O5S. The van der Waals surface area contributed by atoms with Crippen LogP contribution in [0.1, 0.15) is 42.8 Å². The van der Waals surface area contributed by atoms with Crippen molar-refractivity contribution in [2.24, 2.45) is 0 Å². The Morgan fingerprint density at radius 3 is 2.34 bits per heavy atom. The number of benzene rings is 2. The van der Waals surface area contributed by atoms with Crippen molar-refractivity contribution >= 4 is 9.84 Å². The highest BCUT2D eigenvalue weighted by molar-refractivity contribution is 7.91. The lowest BCUT2D eigenvalue weighted by Gasteiger charge is -2.25. The maximum absolute atomic E-state index is 13.3. The molecular weight excluding hydrogens is 428 g/mol. The Bertz CT molecular complexity index is 1220. The molecule has 0 spiro atoms. The van der Waals surface area contributed by atoms with Crippen LogP contribution in [0.5, 0.6) is 5.88 Å². The smallest absolute Gasteiger partial charge is 0.296 e. The topological polar surface area (TPSA) is 98.5 Å². The lowest BCUT2D eigenvalue weighted by atomic mass is 10.1. The summed E-state index contributed by atoms with van der Waals surface area (Å²) in [7, 11) is -2.77. The van der Waals surface area contributed by atoms with Crippen LogP contribution in [0.25, 0.3) is 0 Å². The van der Waals surface area contributed by atoms with Gasteiger partial charge in [0.15, 0.2) is 4.90 Å². The number of hydrogen-bond acceptors (Lipinski definition) is 6. The number of rotatable bonds is 9. The molecule has 2 aromatic carbocycles. The van der Waals surface area contributed by atoms with E-state index in [2.05, 4.69) is 4.98 Å². The molecule has 0 aliphatic rings. The Kier molecular flexibility index (Phi) is 7.48. The molecule has 1 heterocycles. The Balaban J connectivity index is 2.29. The molecule has 7 nitrogen and oxygen atoms in total. The zero-order valence-corrected chi connectivity index (χ0v) is 19.3. The van der Waals surface area contributed by atoms with Crippen molar-refractivity contribution in [2.75, 3.05) is 13.7 Å². The van der Waals surface area contributed by atoms with E-state index in [1.165, 1.54) is 23.8 Å². The SMILES string of the molecule is CCCCc1nc(=O)c(S(=O)(=O)c2ccc(C)cc2)c(O)n1C(COC)c1ccccc1. The Labute approximate surface area is 188 Å². The molecule has 1 atom stereocenters. The van der Waals surface area contributed by atoms with Crippen LogP contribution < -0.4 is 5.56 Å². The van der Waals surface area contributed by atoms with Crippen molar-refractivity contribution in [3.05, 3.63) is 81.9 Å². The molecule has 1 N–H and O–H groups in total. The van der Waals surface area contributed by atoms with Gasteiger partial charge in [0, 0.05) is 13.5 Å². The third-order valence-electron chi connectivity index (χ3n) is 5.31. The van der Waals surface area contributed by atoms with Gasteiger partial charge in [-0.1, -0.05) is 61.4 Å². The summed E-state index contributed by atoms with van der Waals surface area (Å²) in [5.74, 6) is -0.300. The van der Waals surface area contributed by atoms with Crippen LogP contribution in [0.2, 0.25) is 0 Å². The number of aromatic hydroxyl groups is 1. The van der Waals surface area contributed by atoms with E-state index in [-0.39, 0.29) is 11.5 Å². The van der Waals surface area contributed by atoms with Gasteiger partial charge in [-0.3, -0.25) is 9.36 Å². The zero-order valence-electron chi connectivity index (χ0n) is 18.5. The Hall–Kier alpha value is -2.97. The van der Waals surface area contributed by atoms with E-state index in [4.69, 9.17) is 4.74 Å². The lowest BCUT2D eigenvalue weighted by Crippen LogP contribution is -2.29. The van der Waals surface area contributed by atoms with Gasteiger partial charge in [0.05, 0.1) is 17.5 Å². The highest BCUT2D eigenvalue weighted by Gasteiger charge is 2.32. The summed E-state index contributed by atoms with van der Waals surface area (Å²) in [5, 5.41) is 11.2. The number of aromatic nitrogens is 2. The van der Waals surface area contributed by atoms with Crippen molar-refractivity contribution in [2.45, 2.75) is 48.9 Å². The van der Waals surface area contributed by atoms with E-state index < -0.39 is 32.2 Å². The van der Waals surface area contributed by atoms with Crippen LogP contribution in [0.15, 0.2) is 69.2 Å². The fourth-order valence-corrected chi connectivity index (χ4v) is 4.96. The molecule has 1 unspecified atom stereocenters. The molecule has 3 rings (SSSR count). The van der Waals surface area contributed by atoms with Crippen LogP contribution in [-0.2, 0) is 21.0 Å². The van der Waals surface area contributed by atoms with Crippen molar-refractivity contribution < 1.29 is 18.3 Å². The van der Waals surface area contributed by atoms with Gasteiger partial charge in [-0.15, -0.1) is 0 Å². The fourth-order valence-electron chi connectivity index (χ4n) is 3.61. The average molecular weight is 457 g/mol. The van der Waals surface area contributed by atoms with Gasteiger partial charge in [-0.2, -0.15) is 4.98 Å². The normalized spacial score (nSPS) is 12.6. The van der Waals surface area contributed by atoms with E-state index in [1.54, 1.807) is 12.1 Å². The van der Waals surface area contributed by atoms with E-state index in [9.17, 15) is 18.3 Å². The molecule has 8 heteroatoms. The minimum Gasteiger partial charge on any atom is -0.493 e. The summed E-state index contributed by atoms with van der Waals surface area (Å²) in [5.41, 5.74) is 0.712. The molecule has 0 aliphatic heterocycles. The van der Waals surface area contributed by atoms with E-state index in [1.807, 2.05) is 44.2 Å². The molecule has 0 saturated heterocycles. The molecule has 1 aromatic heterocycles. The molecule has 3 aromatic rings. The van der Waals surface area contributed by atoms with Gasteiger partial charge < -0.3 is 9.84 Å². The lowest BCUT2D eigenvalue weighted by molar-refractivity contribution is 0.161. The van der Waals surface area contributed by atoms with Crippen molar-refractivity contribution in [1.82, 2.24) is 9.55 Å². The fraction of sp³-hybridized carbons (Fsp3) is 0.333. The minimum atomic E-state index is -4.29. The van der Waals surface area contributed by atoms with Gasteiger partial charge in [0.25, 0.3) is 5.56 Å². The van der Waals surface area contributed by atoms with Crippen LogP contribution in [-0.4, -0.2) is 36.8 Å². The summed E-state index contributed by atoms with van der Waals surface area (Å²) in [6, 6.07) is 14.8. The predicted octanol–water partition coefficient (Wildman–Crippen LogP) is 3.67. The maximum atomic E-state index is 13.3. The van der Waals surface area contributed by atoms with Gasteiger partial charge in [0.1, 0.15) is 5.82 Å². The van der Waals surface area contributed by atoms with Crippen LogP contribution in [0.4, 0.5) is 0 Å². The Morgan fingerprint density at radius 1 is 1.09 bits per heavy atom. The van der Waals surface area contributed by atoms with E-state index in [0.717, 1.165) is 24.0 Å². The molecule has 32 heavy (non-hydrogen) atoms. The largest absolute Gasteiger partial charge is 0.493 e. The molecule has 0 amide bonds. The third-order valence-corrected chi connectivity index (χ3v) is 7.10. The average Bonchev–Trinajstić information content (AvgIpc) is 2.77. The first-order valence-corrected chi connectivity index (χ1v) is 12.0. The van der Waals surface area contributed by atoms with E-state index in [0.29, 0.717) is 12.2 Å². The molecule has 0 saturated carbocycles. The van der Waals surface area contributed by atoms with Crippen molar-refractivity contribution in [1.29, 1.82) is 0 Å². The van der Waals surface area contributed by atoms with Crippen molar-refractivity contribution in [3.63, 3.8) is 0 Å². The summed E-state index contributed by atoms with van der Waals surface area (Å²) in [6.07, 6.45) is 1.99. The first-order valence-electron chi connectivity index (χ1n) is 10.5. The van der Waals surface area contributed by atoms with E-state index >= 15 is 0 Å². The maximum Gasteiger partial charge on any atom is 0.296 e. The monoisotopic (exact) mass is 456 g/mol. The quantitative estimate of drug-likeness (QED) is 0.528. The van der Waals surface area contributed by atoms with Gasteiger partial charge >= 0.3 is 0 Å². The first kappa shape index (κ1) is 23.7. The number of unbranched alkanes of at least 4 members (excludes halogenated alkanes) is 1. The van der Waals surface area contributed by atoms with Gasteiger partial charge in [-0.05, 0) is 31.0 Å². The predicted molar refractivity (Wildman–Crippen MR) is 122 cm³/mol. The summed E-state index contributed by atoms with van der Waals surface area (Å²) in [6.45, 7) is 3.99. The second-order valence-corrected chi connectivity index (χ2v) is 9.54. The first-order chi connectivity index (χ1) is 15.3. The third kappa shape index (κ3) is 4.76. The molecule has 0 bridgehead atoms. The van der Waals surface area contributed by atoms with Gasteiger partial charge in [-0.25, -0.2) is 8.42 Å². The van der Waals surface area contributed by atoms with Gasteiger partial charge in [0.2, 0.25) is 15.7 Å². The van der Waals surface area contributed by atoms with Crippen LogP contribution >= 0.6 is 0 Å². The van der Waals surface area contributed by atoms with Crippen molar-refractivity contribution in [3.8, 4) is 5.88 Å². The number of nitrogens with zero attached hydrogens (tertiary/aromatic N) is 2. The minimum absolute atomic E-state index is 0.0758. The molecule has 0 radical (unpaired) electrons. The molecule has 0 fully saturated rings. The second kappa shape index (κ2) is 10.1. The number of hydrogen-bond donors (Lipinski definition) is 1.